The molecule has 0 atom stereocenters. The van der Waals surface area contributed by atoms with E-state index < -0.39 is 0 Å². The monoisotopic (exact) mass is 312 g/mol. The van der Waals surface area contributed by atoms with Crippen LogP contribution in [0.1, 0.15) is 74.7 Å². The van der Waals surface area contributed by atoms with E-state index in [0.29, 0.717) is 13.2 Å². The van der Waals surface area contributed by atoms with Crippen molar-refractivity contribution in [2.75, 3.05) is 39.6 Å². The zero-order valence-corrected chi connectivity index (χ0v) is 10.9. The summed E-state index contributed by atoms with van der Waals surface area (Å²) in [4.78, 5) is 0. The SMILES string of the molecule is C.C.C.C.OCCCOCCCCCCCOCCCO. The first-order valence-corrected chi connectivity index (χ1v) is 6.79. The molecule has 4 heteroatoms. The Bertz CT molecular complexity index is 118. The van der Waals surface area contributed by atoms with Gasteiger partial charge in [0.2, 0.25) is 0 Å². The van der Waals surface area contributed by atoms with Gasteiger partial charge in [-0.05, 0) is 25.7 Å². The maximum absolute atomic E-state index is 8.54. The second-order valence-corrected chi connectivity index (χ2v) is 4.15. The number of hydrogen-bond donors (Lipinski definition) is 2. The highest BCUT2D eigenvalue weighted by atomic mass is 16.5. The Labute approximate surface area is 134 Å². The van der Waals surface area contributed by atoms with Crippen LogP contribution < -0.4 is 0 Å². The highest BCUT2D eigenvalue weighted by molar-refractivity contribution is 4.44. The molecule has 136 valence electrons. The van der Waals surface area contributed by atoms with Crippen LogP contribution in [-0.2, 0) is 9.47 Å². The third-order valence-electron chi connectivity index (χ3n) is 2.47. The number of unbranched alkanes of at least 4 members (excludes halogenated alkanes) is 4. The van der Waals surface area contributed by atoms with Gasteiger partial charge in [-0.15, -0.1) is 0 Å². The molecule has 0 amide bonds. The van der Waals surface area contributed by atoms with E-state index in [-0.39, 0.29) is 42.9 Å². The van der Waals surface area contributed by atoms with Gasteiger partial charge < -0.3 is 19.7 Å². The average molecular weight is 313 g/mol. The smallest absolute Gasteiger partial charge is 0.0487 e. The van der Waals surface area contributed by atoms with Gasteiger partial charge in [0.1, 0.15) is 0 Å². The first-order chi connectivity index (χ1) is 8.41. The molecule has 0 heterocycles. The number of ether oxygens (including phenoxy) is 2. The largest absolute Gasteiger partial charge is 0.396 e. The Morgan fingerprint density at radius 2 is 0.714 bits per heavy atom. The second kappa shape index (κ2) is 32.0. The summed E-state index contributed by atoms with van der Waals surface area (Å²) >= 11 is 0. The van der Waals surface area contributed by atoms with E-state index in [2.05, 4.69) is 0 Å². The fourth-order valence-electron chi connectivity index (χ4n) is 1.48. The van der Waals surface area contributed by atoms with Crippen molar-refractivity contribution >= 4 is 0 Å². The van der Waals surface area contributed by atoms with Crippen LogP contribution in [0.15, 0.2) is 0 Å². The van der Waals surface area contributed by atoms with Crippen molar-refractivity contribution in [2.24, 2.45) is 0 Å². The minimum atomic E-state index is 0. The van der Waals surface area contributed by atoms with Crippen molar-refractivity contribution < 1.29 is 19.7 Å². The molecule has 0 spiro atoms. The van der Waals surface area contributed by atoms with E-state index in [4.69, 9.17) is 19.7 Å². The van der Waals surface area contributed by atoms with Gasteiger partial charge in [0.05, 0.1) is 0 Å². The molecular formula is C17H44O4. The molecule has 0 saturated heterocycles. The maximum Gasteiger partial charge on any atom is 0.0487 e. The third-order valence-corrected chi connectivity index (χ3v) is 2.47. The first-order valence-electron chi connectivity index (χ1n) is 6.79. The van der Waals surface area contributed by atoms with Crippen molar-refractivity contribution in [1.82, 2.24) is 0 Å². The fourth-order valence-corrected chi connectivity index (χ4v) is 1.48. The Balaban J connectivity index is -0.000000213. The molecule has 0 saturated carbocycles. The van der Waals surface area contributed by atoms with Crippen LogP contribution in [0, 0.1) is 0 Å². The quantitative estimate of drug-likeness (QED) is 0.470. The zero-order valence-electron chi connectivity index (χ0n) is 10.9. The molecule has 0 aromatic carbocycles. The average Bonchev–Trinajstić information content (AvgIpc) is 2.35. The van der Waals surface area contributed by atoms with Gasteiger partial charge in [0.25, 0.3) is 0 Å². The van der Waals surface area contributed by atoms with Gasteiger partial charge in [-0.25, -0.2) is 0 Å². The van der Waals surface area contributed by atoms with Gasteiger partial charge in [0.15, 0.2) is 0 Å². The molecule has 0 aliphatic heterocycles. The molecule has 0 aromatic rings. The molecule has 0 radical (unpaired) electrons. The molecule has 0 aromatic heterocycles. The minimum Gasteiger partial charge on any atom is -0.396 e. The topological polar surface area (TPSA) is 58.9 Å². The molecular weight excluding hydrogens is 268 g/mol. The van der Waals surface area contributed by atoms with Crippen LogP contribution in [0.4, 0.5) is 0 Å². The van der Waals surface area contributed by atoms with E-state index in [0.717, 1.165) is 38.9 Å². The fraction of sp³-hybridized carbons (Fsp3) is 1.00. The molecule has 0 aliphatic carbocycles. The number of hydrogen-bond acceptors (Lipinski definition) is 4. The zero-order chi connectivity index (χ0) is 12.6. The second-order valence-electron chi connectivity index (χ2n) is 4.15. The highest BCUT2D eigenvalue weighted by Crippen LogP contribution is 2.03. The van der Waals surface area contributed by atoms with Crippen molar-refractivity contribution in [1.29, 1.82) is 0 Å². The molecule has 2 N–H and O–H groups in total. The van der Waals surface area contributed by atoms with Crippen LogP contribution in [0.25, 0.3) is 0 Å². The summed E-state index contributed by atoms with van der Waals surface area (Å²) in [6.45, 7) is 3.41. The van der Waals surface area contributed by atoms with Gasteiger partial charge in [-0.1, -0.05) is 49.0 Å². The Hall–Kier alpha value is -0.160. The van der Waals surface area contributed by atoms with Crippen LogP contribution in [0.2, 0.25) is 0 Å². The lowest BCUT2D eigenvalue weighted by molar-refractivity contribution is 0.109. The molecule has 0 fully saturated rings. The molecule has 0 unspecified atom stereocenters. The molecule has 4 nitrogen and oxygen atoms in total. The lowest BCUT2D eigenvalue weighted by atomic mass is 10.1. The van der Waals surface area contributed by atoms with E-state index in [1.807, 2.05) is 0 Å². The van der Waals surface area contributed by atoms with Gasteiger partial charge in [-0.2, -0.15) is 0 Å². The van der Waals surface area contributed by atoms with Gasteiger partial charge in [-0.3, -0.25) is 0 Å². The molecule has 0 bridgehead atoms. The van der Waals surface area contributed by atoms with Gasteiger partial charge in [0, 0.05) is 39.6 Å². The van der Waals surface area contributed by atoms with Crippen LogP contribution in [0.5, 0.6) is 0 Å². The summed E-state index contributed by atoms with van der Waals surface area (Å²) in [5.41, 5.74) is 0. The highest BCUT2D eigenvalue weighted by Gasteiger charge is 1.93. The lowest BCUT2D eigenvalue weighted by Crippen LogP contribution is -2.00. The van der Waals surface area contributed by atoms with E-state index in [9.17, 15) is 0 Å². The molecule has 21 heavy (non-hydrogen) atoms. The predicted molar refractivity (Wildman–Crippen MR) is 95.1 cm³/mol. The maximum atomic E-state index is 8.54. The van der Waals surface area contributed by atoms with E-state index >= 15 is 0 Å². The summed E-state index contributed by atoms with van der Waals surface area (Å²) < 4.78 is 10.7. The van der Waals surface area contributed by atoms with Crippen molar-refractivity contribution in [3.05, 3.63) is 0 Å². The molecule has 0 rings (SSSR count). The Kier molecular flexibility index (Phi) is 49.8. The summed E-state index contributed by atoms with van der Waals surface area (Å²) in [6, 6.07) is 0. The standard InChI is InChI=1S/C13H28O4.4CH4/c14-8-6-12-16-10-4-2-1-3-5-11-17-13-7-9-15;;;;/h14-15H,1-13H2;4*1H4. The van der Waals surface area contributed by atoms with E-state index in [1.54, 1.807) is 0 Å². The third kappa shape index (κ3) is 33.0. The predicted octanol–water partition coefficient (Wildman–Crippen LogP) is 4.28. The van der Waals surface area contributed by atoms with Crippen LogP contribution in [-0.4, -0.2) is 49.9 Å². The first kappa shape index (κ1) is 32.7. The van der Waals surface area contributed by atoms with Crippen molar-refractivity contribution in [2.45, 2.75) is 74.7 Å². The summed E-state index contributed by atoms with van der Waals surface area (Å²) in [6.07, 6.45) is 7.34. The number of rotatable bonds is 14. The van der Waals surface area contributed by atoms with Crippen LogP contribution >= 0.6 is 0 Å². The van der Waals surface area contributed by atoms with Crippen molar-refractivity contribution in [3.8, 4) is 0 Å². The normalized spacial score (nSPS) is 8.86. The van der Waals surface area contributed by atoms with Crippen LogP contribution in [0.3, 0.4) is 0 Å². The molecule has 0 aliphatic rings. The van der Waals surface area contributed by atoms with E-state index in [1.165, 1.54) is 19.3 Å². The Morgan fingerprint density at radius 1 is 0.429 bits per heavy atom. The number of aliphatic hydroxyl groups excluding tert-OH is 2. The summed E-state index contributed by atoms with van der Waals surface area (Å²) in [5, 5.41) is 17.1. The van der Waals surface area contributed by atoms with Crippen molar-refractivity contribution in [3.63, 3.8) is 0 Å². The number of aliphatic hydroxyl groups is 2. The Morgan fingerprint density at radius 3 is 1.05 bits per heavy atom. The lowest BCUT2D eigenvalue weighted by Gasteiger charge is -2.04. The summed E-state index contributed by atoms with van der Waals surface area (Å²) in [7, 11) is 0. The van der Waals surface area contributed by atoms with Gasteiger partial charge >= 0.3 is 0 Å². The summed E-state index contributed by atoms with van der Waals surface area (Å²) in [5.74, 6) is 0. The minimum absolute atomic E-state index is 0.